The number of aryl methyl sites for hydroxylation is 3. The number of fused-ring (bicyclic) bond motifs is 7. The molecule has 0 saturated heterocycles. The molecule has 0 fully saturated rings. The fourth-order valence-electron chi connectivity index (χ4n) is 6.69. The largest absolute Gasteiger partial charge is 0.311 e. The molecule has 0 radical (unpaired) electrons. The molecule has 0 aliphatic carbocycles. The third kappa shape index (κ3) is 3.26. The second-order valence-electron chi connectivity index (χ2n) is 10.3. The second kappa shape index (κ2) is 8.39. The van der Waals surface area contributed by atoms with E-state index < -0.39 is 0 Å². The summed E-state index contributed by atoms with van der Waals surface area (Å²) in [5.74, 6) is 0. The Hall–Kier alpha value is -4.30. The lowest BCUT2D eigenvalue weighted by molar-refractivity contribution is 1.31. The third-order valence-electron chi connectivity index (χ3n) is 7.99. The monoisotopic (exact) mass is 473 g/mol. The molecule has 1 aliphatic rings. The molecule has 0 saturated carbocycles. The number of hydrogen-bond donors (Lipinski definition) is 0. The van der Waals surface area contributed by atoms with E-state index in [2.05, 4.69) is 141 Å². The number of benzene rings is 6. The highest BCUT2D eigenvalue weighted by Gasteiger charge is 2.39. The van der Waals surface area contributed by atoms with Crippen molar-refractivity contribution in [3.05, 3.63) is 132 Å². The van der Waals surface area contributed by atoms with E-state index in [-0.39, 0.29) is 6.71 Å². The summed E-state index contributed by atoms with van der Waals surface area (Å²) in [7, 11) is 0. The molecular weight excluding hydrogens is 445 g/mol. The summed E-state index contributed by atoms with van der Waals surface area (Å²) in [5, 5.41) is 5.24. The maximum absolute atomic E-state index is 2.49. The van der Waals surface area contributed by atoms with Crippen LogP contribution < -0.4 is 21.3 Å². The molecule has 0 atom stereocenters. The van der Waals surface area contributed by atoms with E-state index in [9.17, 15) is 0 Å². The van der Waals surface area contributed by atoms with Crippen molar-refractivity contribution in [1.82, 2.24) is 0 Å². The molecule has 1 aliphatic heterocycles. The molecule has 6 aromatic carbocycles. The Morgan fingerprint density at radius 2 is 1.05 bits per heavy atom. The van der Waals surface area contributed by atoms with Gasteiger partial charge in [0.2, 0.25) is 6.71 Å². The predicted molar refractivity (Wildman–Crippen MR) is 161 cm³/mol. The van der Waals surface area contributed by atoms with E-state index in [1.807, 2.05) is 0 Å². The number of nitrogens with zero attached hydrogens (tertiary/aromatic N) is 1. The van der Waals surface area contributed by atoms with Crippen molar-refractivity contribution in [2.75, 3.05) is 4.90 Å². The maximum atomic E-state index is 2.49. The molecule has 0 spiro atoms. The Labute approximate surface area is 219 Å². The van der Waals surface area contributed by atoms with E-state index in [0.29, 0.717) is 0 Å². The van der Waals surface area contributed by atoms with Crippen LogP contribution in [0, 0.1) is 20.8 Å². The number of hydrogen-bond acceptors (Lipinski definition) is 1. The first kappa shape index (κ1) is 21.9. The zero-order valence-corrected chi connectivity index (χ0v) is 21.5. The summed E-state index contributed by atoms with van der Waals surface area (Å²) in [6, 6.07) is 42.4. The fourth-order valence-corrected chi connectivity index (χ4v) is 6.69. The molecule has 0 bridgehead atoms. The van der Waals surface area contributed by atoms with Crippen LogP contribution in [0.15, 0.2) is 115 Å². The summed E-state index contributed by atoms with van der Waals surface area (Å²) in [6.45, 7) is 6.91. The number of para-hydroxylation sites is 2. The molecular formula is C35H28BN. The first-order valence-electron chi connectivity index (χ1n) is 13.1. The Morgan fingerprint density at radius 1 is 0.514 bits per heavy atom. The van der Waals surface area contributed by atoms with E-state index >= 15 is 0 Å². The normalized spacial score (nSPS) is 12.6. The summed E-state index contributed by atoms with van der Waals surface area (Å²) in [6.07, 6.45) is 0. The average molecular weight is 473 g/mol. The SMILES string of the molecule is Cc1cc(C)c(B2c3ccccc3N(c3ccccc3)c3c2c2ccccc2c2ccccc32)c(C)c1. The van der Waals surface area contributed by atoms with Crippen LogP contribution in [-0.2, 0) is 0 Å². The van der Waals surface area contributed by atoms with Crippen LogP contribution in [0.5, 0.6) is 0 Å². The Kier molecular flexibility index (Phi) is 4.97. The van der Waals surface area contributed by atoms with Crippen LogP contribution in [-0.4, -0.2) is 6.71 Å². The van der Waals surface area contributed by atoms with Crippen LogP contribution in [0.2, 0.25) is 0 Å². The quantitative estimate of drug-likeness (QED) is 0.189. The topological polar surface area (TPSA) is 3.24 Å². The standard InChI is InChI=1S/C35H28BN/c1-23-21-24(2)33(25(3)22-23)36-31-19-11-12-20-32(31)37(26-13-5-4-6-14-26)35-30-18-10-8-16-28(30)27-15-7-9-17-29(27)34(35)36/h4-22H,1-3H3. The highest BCUT2D eigenvalue weighted by Crippen LogP contribution is 2.42. The van der Waals surface area contributed by atoms with Crippen molar-refractivity contribution < 1.29 is 0 Å². The third-order valence-corrected chi connectivity index (χ3v) is 7.99. The van der Waals surface area contributed by atoms with Gasteiger partial charge in [0.25, 0.3) is 0 Å². The van der Waals surface area contributed by atoms with Gasteiger partial charge in [0, 0.05) is 22.4 Å². The molecule has 7 rings (SSSR count). The lowest BCUT2D eigenvalue weighted by Gasteiger charge is -2.39. The van der Waals surface area contributed by atoms with Crippen LogP contribution in [0.4, 0.5) is 17.1 Å². The summed E-state index contributed by atoms with van der Waals surface area (Å²) in [4.78, 5) is 2.49. The molecule has 0 N–H and O–H groups in total. The first-order chi connectivity index (χ1) is 18.1. The van der Waals surface area contributed by atoms with Gasteiger partial charge >= 0.3 is 0 Å². The minimum Gasteiger partial charge on any atom is -0.311 e. The maximum Gasteiger partial charge on any atom is 0.248 e. The van der Waals surface area contributed by atoms with Crippen molar-refractivity contribution >= 4 is 61.7 Å². The van der Waals surface area contributed by atoms with Gasteiger partial charge in [-0.1, -0.05) is 119 Å². The molecule has 2 heteroatoms. The van der Waals surface area contributed by atoms with Crippen molar-refractivity contribution in [2.24, 2.45) is 0 Å². The van der Waals surface area contributed by atoms with E-state index in [0.717, 1.165) is 0 Å². The van der Waals surface area contributed by atoms with Gasteiger partial charge < -0.3 is 4.90 Å². The molecule has 176 valence electrons. The predicted octanol–water partition coefficient (Wildman–Crippen LogP) is 7.22. The van der Waals surface area contributed by atoms with E-state index in [1.165, 1.54) is 71.7 Å². The van der Waals surface area contributed by atoms with E-state index in [4.69, 9.17) is 0 Å². The highest BCUT2D eigenvalue weighted by molar-refractivity contribution is 7.00. The summed E-state index contributed by atoms with van der Waals surface area (Å²) in [5.41, 5.74) is 11.9. The van der Waals surface area contributed by atoms with E-state index in [1.54, 1.807) is 0 Å². The van der Waals surface area contributed by atoms with Crippen molar-refractivity contribution in [3.63, 3.8) is 0 Å². The molecule has 0 unspecified atom stereocenters. The van der Waals surface area contributed by atoms with Gasteiger partial charge in [0.15, 0.2) is 0 Å². The summed E-state index contributed by atoms with van der Waals surface area (Å²) < 4.78 is 0. The lowest BCUT2D eigenvalue weighted by atomic mass is 9.33. The minimum absolute atomic E-state index is 0.140. The summed E-state index contributed by atoms with van der Waals surface area (Å²) >= 11 is 0. The Balaban J connectivity index is 1.72. The Bertz CT molecular complexity index is 1800. The van der Waals surface area contributed by atoms with Gasteiger partial charge in [-0.15, -0.1) is 0 Å². The van der Waals surface area contributed by atoms with Crippen LogP contribution in [0.3, 0.4) is 0 Å². The second-order valence-corrected chi connectivity index (χ2v) is 10.3. The van der Waals surface area contributed by atoms with Crippen LogP contribution in [0.1, 0.15) is 16.7 Å². The van der Waals surface area contributed by atoms with Gasteiger partial charge in [0.1, 0.15) is 0 Å². The average Bonchev–Trinajstić information content (AvgIpc) is 2.92. The molecule has 1 nitrogen and oxygen atoms in total. The molecule has 0 amide bonds. The molecule has 0 aromatic heterocycles. The smallest absolute Gasteiger partial charge is 0.248 e. The van der Waals surface area contributed by atoms with Gasteiger partial charge in [-0.25, -0.2) is 0 Å². The fraction of sp³-hybridized carbons (Fsp3) is 0.0857. The van der Waals surface area contributed by atoms with Gasteiger partial charge in [-0.05, 0) is 66.1 Å². The minimum atomic E-state index is 0.140. The zero-order valence-electron chi connectivity index (χ0n) is 21.5. The number of anilines is 3. The van der Waals surface area contributed by atoms with Crippen molar-refractivity contribution in [3.8, 4) is 0 Å². The van der Waals surface area contributed by atoms with Crippen molar-refractivity contribution in [1.29, 1.82) is 0 Å². The molecule has 1 heterocycles. The first-order valence-corrected chi connectivity index (χ1v) is 13.1. The Morgan fingerprint density at radius 3 is 1.76 bits per heavy atom. The molecule has 6 aromatic rings. The van der Waals surface area contributed by atoms with Crippen LogP contribution >= 0.6 is 0 Å². The molecule has 37 heavy (non-hydrogen) atoms. The van der Waals surface area contributed by atoms with Gasteiger partial charge in [-0.3, -0.25) is 0 Å². The van der Waals surface area contributed by atoms with Crippen molar-refractivity contribution in [2.45, 2.75) is 20.8 Å². The highest BCUT2D eigenvalue weighted by atomic mass is 15.2. The number of rotatable bonds is 2. The van der Waals surface area contributed by atoms with Gasteiger partial charge in [-0.2, -0.15) is 0 Å². The zero-order chi connectivity index (χ0) is 25.1. The van der Waals surface area contributed by atoms with Crippen LogP contribution in [0.25, 0.3) is 21.5 Å². The lowest BCUT2D eigenvalue weighted by Crippen LogP contribution is -2.59. The van der Waals surface area contributed by atoms with Gasteiger partial charge in [0.05, 0.1) is 0 Å².